The second-order valence-corrected chi connectivity index (χ2v) is 7.44. The third-order valence-corrected chi connectivity index (χ3v) is 5.66. The SMILES string of the molecule is CCn1cc(-c2ccc(C(=O)NC3COCC3N3CCCCC3)cc2)cn1. The van der Waals surface area contributed by atoms with Gasteiger partial charge in [-0.3, -0.25) is 14.4 Å². The van der Waals surface area contributed by atoms with Gasteiger partial charge in [-0.2, -0.15) is 5.10 Å². The maximum Gasteiger partial charge on any atom is 0.251 e. The summed E-state index contributed by atoms with van der Waals surface area (Å²) in [7, 11) is 0. The average Bonchev–Trinajstić information content (AvgIpc) is 3.38. The van der Waals surface area contributed by atoms with Gasteiger partial charge in [0.15, 0.2) is 0 Å². The summed E-state index contributed by atoms with van der Waals surface area (Å²) in [6.07, 6.45) is 7.68. The van der Waals surface area contributed by atoms with Crippen LogP contribution in [0.4, 0.5) is 0 Å². The van der Waals surface area contributed by atoms with Crippen LogP contribution in [0.15, 0.2) is 36.7 Å². The number of piperidine rings is 1. The number of nitrogens with zero attached hydrogens (tertiary/aromatic N) is 3. The molecule has 144 valence electrons. The van der Waals surface area contributed by atoms with Crippen molar-refractivity contribution >= 4 is 5.91 Å². The number of carbonyl (C=O) groups excluding carboxylic acids is 1. The predicted molar refractivity (Wildman–Crippen MR) is 105 cm³/mol. The van der Waals surface area contributed by atoms with Crippen LogP contribution in [-0.4, -0.2) is 59.0 Å². The lowest BCUT2D eigenvalue weighted by atomic mass is 10.0. The Labute approximate surface area is 160 Å². The molecule has 1 amide bonds. The van der Waals surface area contributed by atoms with Crippen LogP contribution in [0.3, 0.4) is 0 Å². The molecule has 27 heavy (non-hydrogen) atoms. The first-order valence-electron chi connectivity index (χ1n) is 10.00. The maximum absolute atomic E-state index is 12.7. The minimum atomic E-state index is -0.0247. The van der Waals surface area contributed by atoms with Crippen molar-refractivity contribution in [3.8, 4) is 11.1 Å². The molecule has 3 heterocycles. The van der Waals surface area contributed by atoms with Crippen molar-refractivity contribution in [1.29, 1.82) is 0 Å². The number of hydrogen-bond donors (Lipinski definition) is 1. The van der Waals surface area contributed by atoms with E-state index in [9.17, 15) is 4.79 Å². The minimum absolute atomic E-state index is 0.0247. The van der Waals surface area contributed by atoms with Crippen LogP contribution in [0.1, 0.15) is 36.5 Å². The zero-order valence-electron chi connectivity index (χ0n) is 15.9. The average molecular weight is 368 g/mol. The summed E-state index contributed by atoms with van der Waals surface area (Å²) in [5.74, 6) is -0.0247. The second kappa shape index (κ2) is 8.23. The summed E-state index contributed by atoms with van der Waals surface area (Å²) < 4.78 is 7.58. The lowest BCUT2D eigenvalue weighted by molar-refractivity contribution is 0.0900. The number of carbonyl (C=O) groups is 1. The smallest absolute Gasteiger partial charge is 0.251 e. The third-order valence-electron chi connectivity index (χ3n) is 5.66. The zero-order valence-corrected chi connectivity index (χ0v) is 15.9. The molecular formula is C21H28N4O2. The van der Waals surface area contributed by atoms with Crippen molar-refractivity contribution in [3.63, 3.8) is 0 Å². The van der Waals surface area contributed by atoms with E-state index in [-0.39, 0.29) is 11.9 Å². The van der Waals surface area contributed by atoms with Gasteiger partial charge in [-0.1, -0.05) is 18.6 Å². The fourth-order valence-electron chi connectivity index (χ4n) is 4.04. The van der Waals surface area contributed by atoms with E-state index in [4.69, 9.17) is 4.74 Å². The van der Waals surface area contributed by atoms with E-state index in [1.165, 1.54) is 19.3 Å². The molecule has 1 aromatic carbocycles. The van der Waals surface area contributed by atoms with Crippen LogP contribution in [0.25, 0.3) is 11.1 Å². The topological polar surface area (TPSA) is 59.4 Å². The molecule has 2 aliphatic rings. The molecule has 0 radical (unpaired) electrons. The van der Waals surface area contributed by atoms with Crippen LogP contribution < -0.4 is 5.32 Å². The number of nitrogens with one attached hydrogen (secondary N) is 1. The Hall–Kier alpha value is -2.18. The molecule has 2 aliphatic heterocycles. The fraction of sp³-hybridized carbons (Fsp3) is 0.524. The quantitative estimate of drug-likeness (QED) is 0.881. The number of ether oxygens (including phenoxy) is 1. The molecule has 6 nitrogen and oxygen atoms in total. The van der Waals surface area contributed by atoms with E-state index in [2.05, 4.69) is 22.2 Å². The number of amides is 1. The van der Waals surface area contributed by atoms with Gasteiger partial charge in [-0.05, 0) is 50.6 Å². The van der Waals surface area contributed by atoms with Crippen molar-refractivity contribution < 1.29 is 9.53 Å². The summed E-state index contributed by atoms with van der Waals surface area (Å²) in [6.45, 7) is 6.45. The predicted octanol–water partition coefficient (Wildman–Crippen LogP) is 2.55. The molecule has 1 aromatic heterocycles. The summed E-state index contributed by atoms with van der Waals surface area (Å²) in [5, 5.41) is 7.50. The van der Waals surface area contributed by atoms with E-state index in [1.54, 1.807) is 0 Å². The van der Waals surface area contributed by atoms with Gasteiger partial charge in [0.1, 0.15) is 0 Å². The molecule has 2 fully saturated rings. The first-order chi connectivity index (χ1) is 13.2. The molecule has 2 atom stereocenters. The number of aromatic nitrogens is 2. The lowest BCUT2D eigenvalue weighted by Gasteiger charge is -2.34. The normalized spacial score (nSPS) is 23.4. The van der Waals surface area contributed by atoms with E-state index < -0.39 is 0 Å². The highest BCUT2D eigenvalue weighted by molar-refractivity contribution is 5.95. The van der Waals surface area contributed by atoms with Gasteiger partial charge in [-0.25, -0.2) is 0 Å². The Balaban J connectivity index is 1.40. The lowest BCUT2D eigenvalue weighted by Crippen LogP contribution is -2.52. The van der Waals surface area contributed by atoms with Crippen LogP contribution in [0, 0.1) is 0 Å². The van der Waals surface area contributed by atoms with Gasteiger partial charge >= 0.3 is 0 Å². The molecule has 0 aliphatic carbocycles. The van der Waals surface area contributed by atoms with Gasteiger partial charge in [-0.15, -0.1) is 0 Å². The van der Waals surface area contributed by atoms with Crippen LogP contribution in [0.5, 0.6) is 0 Å². The molecule has 4 rings (SSSR count). The summed E-state index contributed by atoms with van der Waals surface area (Å²) >= 11 is 0. The molecule has 6 heteroatoms. The Kier molecular flexibility index (Phi) is 5.55. The third kappa shape index (κ3) is 4.06. The fourth-order valence-corrected chi connectivity index (χ4v) is 4.04. The Bertz CT molecular complexity index is 765. The molecule has 2 unspecified atom stereocenters. The van der Waals surface area contributed by atoms with Crippen LogP contribution in [0.2, 0.25) is 0 Å². The molecule has 1 N–H and O–H groups in total. The van der Waals surface area contributed by atoms with Crippen LogP contribution >= 0.6 is 0 Å². The highest BCUT2D eigenvalue weighted by Crippen LogP contribution is 2.21. The van der Waals surface area contributed by atoms with E-state index in [1.807, 2.05) is 41.3 Å². The van der Waals surface area contributed by atoms with Gasteiger partial charge in [0.05, 0.1) is 31.5 Å². The van der Waals surface area contributed by atoms with Gasteiger partial charge in [0.25, 0.3) is 5.91 Å². The molecule has 0 spiro atoms. The second-order valence-electron chi connectivity index (χ2n) is 7.44. The largest absolute Gasteiger partial charge is 0.378 e. The van der Waals surface area contributed by atoms with Gasteiger partial charge in [0.2, 0.25) is 0 Å². The molecular weight excluding hydrogens is 340 g/mol. The van der Waals surface area contributed by atoms with Gasteiger partial charge < -0.3 is 10.1 Å². The molecule has 2 saturated heterocycles. The Morgan fingerprint density at radius 2 is 1.93 bits per heavy atom. The molecule has 0 saturated carbocycles. The molecule has 2 aromatic rings. The first kappa shape index (κ1) is 18.2. The van der Waals surface area contributed by atoms with Crippen molar-refractivity contribution in [2.45, 2.75) is 44.8 Å². The summed E-state index contributed by atoms with van der Waals surface area (Å²) in [5.41, 5.74) is 2.82. The monoisotopic (exact) mass is 368 g/mol. The number of likely N-dealkylation sites (tertiary alicyclic amines) is 1. The van der Waals surface area contributed by atoms with Gasteiger partial charge in [0, 0.05) is 23.9 Å². The van der Waals surface area contributed by atoms with E-state index in [0.29, 0.717) is 24.8 Å². The standard InChI is InChI=1S/C21H28N4O2/c1-2-25-13-18(12-22-25)16-6-8-17(9-7-16)21(26)23-19-14-27-15-20(19)24-10-4-3-5-11-24/h6-9,12-13,19-20H,2-5,10-11,14-15H2,1H3,(H,23,26). The van der Waals surface area contributed by atoms with Crippen molar-refractivity contribution in [2.24, 2.45) is 0 Å². The van der Waals surface area contributed by atoms with Crippen LogP contribution in [-0.2, 0) is 11.3 Å². The maximum atomic E-state index is 12.7. The van der Waals surface area contributed by atoms with Crippen molar-refractivity contribution in [1.82, 2.24) is 20.0 Å². The van der Waals surface area contributed by atoms with E-state index in [0.717, 1.165) is 30.8 Å². The van der Waals surface area contributed by atoms with Crippen molar-refractivity contribution in [3.05, 3.63) is 42.2 Å². The van der Waals surface area contributed by atoms with E-state index >= 15 is 0 Å². The highest BCUT2D eigenvalue weighted by atomic mass is 16.5. The minimum Gasteiger partial charge on any atom is -0.378 e. The molecule has 0 bridgehead atoms. The summed E-state index contributed by atoms with van der Waals surface area (Å²) in [6, 6.07) is 8.11. The first-order valence-corrected chi connectivity index (χ1v) is 10.00. The zero-order chi connectivity index (χ0) is 18.6. The number of hydrogen-bond acceptors (Lipinski definition) is 4. The Morgan fingerprint density at radius 3 is 2.63 bits per heavy atom. The Morgan fingerprint density at radius 1 is 1.15 bits per heavy atom. The number of benzene rings is 1. The summed E-state index contributed by atoms with van der Waals surface area (Å²) in [4.78, 5) is 15.2. The number of rotatable bonds is 5. The van der Waals surface area contributed by atoms with Crippen molar-refractivity contribution in [2.75, 3.05) is 26.3 Å². The highest BCUT2D eigenvalue weighted by Gasteiger charge is 2.34. The number of aryl methyl sites for hydroxylation is 1.